The summed E-state index contributed by atoms with van der Waals surface area (Å²) >= 11 is 0. The van der Waals surface area contributed by atoms with Gasteiger partial charge in [0.05, 0.1) is 12.8 Å². The Bertz CT molecular complexity index is 713. The van der Waals surface area contributed by atoms with E-state index in [-0.39, 0.29) is 0 Å². The highest BCUT2D eigenvalue weighted by Gasteiger charge is 2.23. The van der Waals surface area contributed by atoms with Crippen LogP contribution in [0.25, 0.3) is 10.8 Å². The molecule has 0 bridgehead atoms. The van der Waals surface area contributed by atoms with Gasteiger partial charge >= 0.3 is 0 Å². The van der Waals surface area contributed by atoms with Gasteiger partial charge in [-0.25, -0.2) is 0 Å². The number of hydrogen-bond donors (Lipinski definition) is 0. The van der Waals surface area contributed by atoms with Crippen LogP contribution in [0.2, 0.25) is 0 Å². The quantitative estimate of drug-likeness (QED) is 0.758. The molecule has 23 heavy (non-hydrogen) atoms. The SMILES string of the molecule is COc1ccc2cc(C(C)=NN3C(C)CCCC3C)ccc2c1. The summed E-state index contributed by atoms with van der Waals surface area (Å²) in [6, 6.07) is 13.8. The number of fused-ring (bicyclic) bond motifs is 1. The number of hydrogen-bond acceptors (Lipinski definition) is 3. The van der Waals surface area contributed by atoms with Gasteiger partial charge in [0.2, 0.25) is 0 Å². The lowest BCUT2D eigenvalue weighted by Gasteiger charge is -2.37. The lowest BCUT2D eigenvalue weighted by molar-refractivity contribution is 0.108. The van der Waals surface area contributed by atoms with Crippen LogP contribution in [0.15, 0.2) is 41.5 Å². The number of methoxy groups -OCH3 is 1. The molecular formula is C20H26N2O. The first-order valence-electron chi connectivity index (χ1n) is 8.50. The van der Waals surface area contributed by atoms with E-state index in [1.54, 1.807) is 7.11 Å². The molecule has 3 rings (SSSR count). The minimum atomic E-state index is 0.526. The molecule has 0 amide bonds. The molecule has 1 aliphatic heterocycles. The summed E-state index contributed by atoms with van der Waals surface area (Å²) in [7, 11) is 1.70. The highest BCUT2D eigenvalue weighted by Crippen LogP contribution is 2.25. The van der Waals surface area contributed by atoms with Gasteiger partial charge in [-0.2, -0.15) is 5.10 Å². The number of benzene rings is 2. The van der Waals surface area contributed by atoms with Gasteiger partial charge in [-0.1, -0.05) is 18.2 Å². The molecule has 1 fully saturated rings. The molecule has 0 aliphatic carbocycles. The van der Waals surface area contributed by atoms with Crippen molar-refractivity contribution in [2.75, 3.05) is 7.11 Å². The zero-order valence-corrected chi connectivity index (χ0v) is 14.5. The fraction of sp³-hybridized carbons (Fsp3) is 0.450. The number of rotatable bonds is 3. The second kappa shape index (κ2) is 6.61. The fourth-order valence-electron chi connectivity index (χ4n) is 3.41. The molecule has 3 heteroatoms. The van der Waals surface area contributed by atoms with Crippen molar-refractivity contribution in [2.45, 2.75) is 52.1 Å². The smallest absolute Gasteiger partial charge is 0.119 e. The molecule has 2 aromatic rings. The van der Waals surface area contributed by atoms with Crippen molar-refractivity contribution in [1.82, 2.24) is 5.01 Å². The summed E-state index contributed by atoms with van der Waals surface area (Å²) in [6.07, 6.45) is 3.78. The summed E-state index contributed by atoms with van der Waals surface area (Å²) in [6.45, 7) is 6.66. The third-order valence-electron chi connectivity index (χ3n) is 4.88. The predicted molar refractivity (Wildman–Crippen MR) is 97.3 cm³/mol. The van der Waals surface area contributed by atoms with Gasteiger partial charge in [-0.15, -0.1) is 0 Å². The van der Waals surface area contributed by atoms with Gasteiger partial charge in [0.1, 0.15) is 5.75 Å². The molecule has 0 radical (unpaired) electrons. The van der Waals surface area contributed by atoms with Crippen LogP contribution in [0.5, 0.6) is 5.75 Å². The van der Waals surface area contributed by atoms with Crippen LogP contribution in [0, 0.1) is 0 Å². The molecule has 2 aromatic carbocycles. The van der Waals surface area contributed by atoms with E-state index >= 15 is 0 Å². The Kier molecular flexibility index (Phi) is 4.56. The van der Waals surface area contributed by atoms with Crippen molar-refractivity contribution in [3.05, 3.63) is 42.0 Å². The standard InChI is InChI=1S/C20H26N2O/c1-14-6-5-7-15(2)22(14)21-16(3)17-8-9-19-13-20(23-4)11-10-18(19)12-17/h8-15H,5-7H2,1-4H3. The van der Waals surface area contributed by atoms with Crippen molar-refractivity contribution in [3.63, 3.8) is 0 Å². The fourth-order valence-corrected chi connectivity index (χ4v) is 3.41. The maximum absolute atomic E-state index is 5.29. The van der Waals surface area contributed by atoms with Crippen molar-refractivity contribution in [3.8, 4) is 5.75 Å². The van der Waals surface area contributed by atoms with Crippen molar-refractivity contribution >= 4 is 16.5 Å². The van der Waals surface area contributed by atoms with Crippen LogP contribution in [0.1, 0.15) is 45.6 Å². The van der Waals surface area contributed by atoms with Crippen LogP contribution >= 0.6 is 0 Å². The van der Waals surface area contributed by atoms with E-state index in [4.69, 9.17) is 9.84 Å². The Labute approximate surface area is 138 Å². The minimum absolute atomic E-state index is 0.526. The molecule has 0 N–H and O–H groups in total. The van der Waals surface area contributed by atoms with E-state index in [1.165, 1.54) is 35.6 Å². The molecule has 0 aromatic heterocycles. The zero-order valence-electron chi connectivity index (χ0n) is 14.5. The number of hydrazone groups is 1. The van der Waals surface area contributed by atoms with Crippen molar-refractivity contribution in [2.24, 2.45) is 5.10 Å². The summed E-state index contributed by atoms with van der Waals surface area (Å²) in [4.78, 5) is 0. The minimum Gasteiger partial charge on any atom is -0.497 e. The first-order chi connectivity index (χ1) is 11.1. The van der Waals surface area contributed by atoms with Crippen LogP contribution in [-0.2, 0) is 0 Å². The van der Waals surface area contributed by atoms with Gasteiger partial charge in [0.15, 0.2) is 0 Å². The van der Waals surface area contributed by atoms with Gasteiger partial charge < -0.3 is 4.74 Å². The van der Waals surface area contributed by atoms with E-state index in [0.29, 0.717) is 12.1 Å². The Morgan fingerprint density at radius 1 is 1.04 bits per heavy atom. The van der Waals surface area contributed by atoms with E-state index < -0.39 is 0 Å². The van der Waals surface area contributed by atoms with E-state index in [2.05, 4.69) is 56.1 Å². The first-order valence-corrected chi connectivity index (χ1v) is 8.50. The largest absolute Gasteiger partial charge is 0.497 e. The average Bonchev–Trinajstić information content (AvgIpc) is 2.57. The van der Waals surface area contributed by atoms with Crippen molar-refractivity contribution in [1.29, 1.82) is 0 Å². The molecular weight excluding hydrogens is 284 g/mol. The third-order valence-corrected chi connectivity index (χ3v) is 4.88. The highest BCUT2D eigenvalue weighted by atomic mass is 16.5. The van der Waals surface area contributed by atoms with Crippen LogP contribution in [-0.4, -0.2) is 29.9 Å². The van der Waals surface area contributed by atoms with Gasteiger partial charge in [-0.05, 0) is 74.6 Å². The lowest BCUT2D eigenvalue weighted by atomic mass is 10.00. The molecule has 2 atom stereocenters. The summed E-state index contributed by atoms with van der Waals surface area (Å²) in [5.41, 5.74) is 2.27. The maximum atomic E-state index is 5.29. The predicted octanol–water partition coefficient (Wildman–Crippen LogP) is 4.84. The first kappa shape index (κ1) is 15.9. The monoisotopic (exact) mass is 310 g/mol. The Morgan fingerprint density at radius 2 is 1.70 bits per heavy atom. The molecule has 1 saturated heterocycles. The molecule has 0 spiro atoms. The zero-order chi connectivity index (χ0) is 16.4. The van der Waals surface area contributed by atoms with Gasteiger partial charge in [0.25, 0.3) is 0 Å². The normalized spacial score (nSPS) is 22.4. The molecule has 3 nitrogen and oxygen atoms in total. The molecule has 0 saturated carbocycles. The maximum Gasteiger partial charge on any atom is 0.119 e. The van der Waals surface area contributed by atoms with E-state index in [0.717, 1.165) is 11.5 Å². The number of nitrogens with zero attached hydrogens (tertiary/aromatic N) is 2. The number of piperidine rings is 1. The Balaban J connectivity index is 1.90. The second-order valence-corrected chi connectivity index (χ2v) is 6.62. The summed E-state index contributed by atoms with van der Waals surface area (Å²) in [5.74, 6) is 0.895. The van der Waals surface area contributed by atoms with Crippen LogP contribution in [0.4, 0.5) is 0 Å². The molecule has 1 aliphatic rings. The highest BCUT2D eigenvalue weighted by molar-refractivity contribution is 6.02. The Morgan fingerprint density at radius 3 is 2.39 bits per heavy atom. The molecule has 2 unspecified atom stereocenters. The van der Waals surface area contributed by atoms with Gasteiger partial charge in [-0.3, -0.25) is 5.01 Å². The summed E-state index contributed by atoms with van der Waals surface area (Å²) < 4.78 is 5.29. The second-order valence-electron chi connectivity index (χ2n) is 6.62. The third kappa shape index (κ3) is 3.34. The lowest BCUT2D eigenvalue weighted by Crippen LogP contribution is -2.40. The molecule has 122 valence electrons. The van der Waals surface area contributed by atoms with E-state index in [9.17, 15) is 0 Å². The Hall–Kier alpha value is -2.03. The summed E-state index contributed by atoms with van der Waals surface area (Å²) in [5, 5.41) is 9.64. The van der Waals surface area contributed by atoms with Crippen molar-refractivity contribution < 1.29 is 4.74 Å². The molecule has 1 heterocycles. The van der Waals surface area contributed by atoms with Crippen LogP contribution < -0.4 is 4.74 Å². The number of ether oxygens (including phenoxy) is 1. The van der Waals surface area contributed by atoms with Gasteiger partial charge in [0, 0.05) is 12.1 Å². The van der Waals surface area contributed by atoms with Crippen LogP contribution in [0.3, 0.4) is 0 Å². The van der Waals surface area contributed by atoms with E-state index in [1.807, 2.05) is 6.07 Å². The topological polar surface area (TPSA) is 24.8 Å². The average molecular weight is 310 g/mol.